The third kappa shape index (κ3) is 3.59. The second kappa shape index (κ2) is 7.08. The molecule has 0 bridgehead atoms. The Morgan fingerprint density at radius 3 is 2.60 bits per heavy atom. The van der Waals surface area contributed by atoms with Gasteiger partial charge in [-0.2, -0.15) is 0 Å². The Kier molecular flexibility index (Phi) is 5.16. The van der Waals surface area contributed by atoms with Crippen LogP contribution in [-0.4, -0.2) is 16.5 Å². The van der Waals surface area contributed by atoms with E-state index in [4.69, 9.17) is 4.42 Å². The fraction of sp³-hybridized carbons (Fsp3) is 0.500. The molecule has 4 nitrogen and oxygen atoms in total. The quantitative estimate of drug-likeness (QED) is 0.826. The minimum Gasteiger partial charge on any atom is -0.458 e. The van der Waals surface area contributed by atoms with Crippen molar-refractivity contribution in [3.8, 4) is 11.6 Å². The SMILES string of the molecule is CCCNc1cc(CCC)nc(-c2ccc(CC)o2)n1. The van der Waals surface area contributed by atoms with Gasteiger partial charge in [0.2, 0.25) is 0 Å². The van der Waals surface area contributed by atoms with Crippen molar-refractivity contribution in [1.82, 2.24) is 9.97 Å². The van der Waals surface area contributed by atoms with Gasteiger partial charge in [-0.1, -0.05) is 27.2 Å². The molecule has 20 heavy (non-hydrogen) atoms. The number of rotatable bonds is 7. The van der Waals surface area contributed by atoms with Gasteiger partial charge in [0.1, 0.15) is 11.6 Å². The molecule has 0 aromatic carbocycles. The molecule has 4 heteroatoms. The third-order valence-corrected chi connectivity index (χ3v) is 3.07. The Morgan fingerprint density at radius 2 is 1.95 bits per heavy atom. The molecule has 0 aliphatic rings. The van der Waals surface area contributed by atoms with Crippen LogP contribution in [-0.2, 0) is 12.8 Å². The molecule has 2 aromatic rings. The van der Waals surface area contributed by atoms with Gasteiger partial charge in [0.05, 0.1) is 0 Å². The summed E-state index contributed by atoms with van der Waals surface area (Å²) < 4.78 is 5.76. The van der Waals surface area contributed by atoms with Crippen molar-refractivity contribution >= 4 is 5.82 Å². The maximum Gasteiger partial charge on any atom is 0.197 e. The maximum absolute atomic E-state index is 5.76. The van der Waals surface area contributed by atoms with Crippen molar-refractivity contribution in [1.29, 1.82) is 0 Å². The van der Waals surface area contributed by atoms with Gasteiger partial charge in [0.25, 0.3) is 0 Å². The summed E-state index contributed by atoms with van der Waals surface area (Å²) in [4.78, 5) is 9.16. The molecule has 0 aliphatic carbocycles. The lowest BCUT2D eigenvalue weighted by molar-refractivity contribution is 0.525. The summed E-state index contributed by atoms with van der Waals surface area (Å²) in [6.07, 6.45) is 3.98. The van der Waals surface area contributed by atoms with Gasteiger partial charge in [-0.15, -0.1) is 0 Å². The number of aryl methyl sites for hydroxylation is 2. The van der Waals surface area contributed by atoms with Crippen molar-refractivity contribution in [2.75, 3.05) is 11.9 Å². The molecule has 0 fully saturated rings. The van der Waals surface area contributed by atoms with E-state index in [-0.39, 0.29) is 0 Å². The molecule has 0 radical (unpaired) electrons. The van der Waals surface area contributed by atoms with Crippen LogP contribution < -0.4 is 5.32 Å². The van der Waals surface area contributed by atoms with E-state index >= 15 is 0 Å². The lowest BCUT2D eigenvalue weighted by Gasteiger charge is -2.08. The largest absolute Gasteiger partial charge is 0.458 e. The molecular formula is C16H23N3O. The zero-order chi connectivity index (χ0) is 14.4. The zero-order valence-electron chi connectivity index (χ0n) is 12.6. The van der Waals surface area contributed by atoms with Crippen LogP contribution in [0.15, 0.2) is 22.6 Å². The molecule has 0 saturated heterocycles. The van der Waals surface area contributed by atoms with Crippen LogP contribution in [0.25, 0.3) is 11.6 Å². The van der Waals surface area contributed by atoms with Crippen LogP contribution in [0.2, 0.25) is 0 Å². The van der Waals surface area contributed by atoms with Crippen LogP contribution >= 0.6 is 0 Å². The summed E-state index contributed by atoms with van der Waals surface area (Å²) >= 11 is 0. The number of aromatic nitrogens is 2. The summed E-state index contributed by atoms with van der Waals surface area (Å²) in [5.41, 5.74) is 1.06. The Labute approximate surface area is 120 Å². The highest BCUT2D eigenvalue weighted by molar-refractivity contribution is 5.52. The second-order valence-electron chi connectivity index (χ2n) is 4.86. The van der Waals surface area contributed by atoms with Gasteiger partial charge in [0.15, 0.2) is 11.6 Å². The molecule has 0 saturated carbocycles. The van der Waals surface area contributed by atoms with Gasteiger partial charge in [-0.3, -0.25) is 0 Å². The molecule has 0 amide bonds. The molecule has 2 aromatic heterocycles. The molecule has 0 atom stereocenters. The fourth-order valence-electron chi connectivity index (χ4n) is 2.02. The highest BCUT2D eigenvalue weighted by Crippen LogP contribution is 2.21. The molecule has 2 rings (SSSR count). The van der Waals surface area contributed by atoms with Crippen molar-refractivity contribution < 1.29 is 4.42 Å². The third-order valence-electron chi connectivity index (χ3n) is 3.07. The van der Waals surface area contributed by atoms with Crippen molar-refractivity contribution in [3.63, 3.8) is 0 Å². The summed E-state index contributed by atoms with van der Waals surface area (Å²) in [7, 11) is 0. The minimum atomic E-state index is 0.675. The van der Waals surface area contributed by atoms with Crippen LogP contribution in [0.1, 0.15) is 45.1 Å². The van der Waals surface area contributed by atoms with Crippen LogP contribution in [0.5, 0.6) is 0 Å². The summed E-state index contributed by atoms with van der Waals surface area (Å²) in [6, 6.07) is 5.98. The lowest BCUT2D eigenvalue weighted by Crippen LogP contribution is -2.05. The molecule has 2 heterocycles. The van der Waals surface area contributed by atoms with E-state index in [1.165, 1.54) is 0 Å². The smallest absolute Gasteiger partial charge is 0.197 e. The first-order chi connectivity index (χ1) is 9.76. The number of nitrogens with one attached hydrogen (secondary N) is 1. The van der Waals surface area contributed by atoms with Gasteiger partial charge in [-0.25, -0.2) is 9.97 Å². The molecule has 0 aliphatic heterocycles. The van der Waals surface area contributed by atoms with Crippen molar-refractivity contribution in [2.24, 2.45) is 0 Å². The first-order valence-corrected chi connectivity index (χ1v) is 7.47. The maximum atomic E-state index is 5.76. The molecule has 108 valence electrons. The topological polar surface area (TPSA) is 51.0 Å². The number of hydrogen-bond donors (Lipinski definition) is 1. The molecule has 0 unspecified atom stereocenters. The van der Waals surface area contributed by atoms with Crippen LogP contribution in [0.3, 0.4) is 0 Å². The summed E-state index contributed by atoms with van der Waals surface area (Å²) in [6.45, 7) is 7.29. The number of anilines is 1. The summed E-state index contributed by atoms with van der Waals surface area (Å²) in [5, 5.41) is 3.33. The van der Waals surface area contributed by atoms with E-state index in [0.29, 0.717) is 5.82 Å². The van der Waals surface area contributed by atoms with E-state index in [2.05, 4.69) is 36.1 Å². The average Bonchev–Trinajstić information content (AvgIpc) is 2.94. The highest BCUT2D eigenvalue weighted by atomic mass is 16.3. The van der Waals surface area contributed by atoms with Crippen LogP contribution in [0, 0.1) is 0 Å². The minimum absolute atomic E-state index is 0.675. The normalized spacial score (nSPS) is 10.8. The predicted molar refractivity (Wildman–Crippen MR) is 81.9 cm³/mol. The number of nitrogens with zero attached hydrogens (tertiary/aromatic N) is 2. The first-order valence-electron chi connectivity index (χ1n) is 7.47. The molecule has 0 spiro atoms. The van der Waals surface area contributed by atoms with Crippen molar-refractivity contribution in [3.05, 3.63) is 29.7 Å². The van der Waals surface area contributed by atoms with Gasteiger partial charge in [-0.05, 0) is 25.0 Å². The van der Waals surface area contributed by atoms with Gasteiger partial charge < -0.3 is 9.73 Å². The Morgan fingerprint density at radius 1 is 1.10 bits per heavy atom. The van der Waals surface area contributed by atoms with Crippen molar-refractivity contribution in [2.45, 2.75) is 46.5 Å². The Hall–Kier alpha value is -1.84. The Balaban J connectivity index is 2.32. The second-order valence-corrected chi connectivity index (χ2v) is 4.86. The van der Waals surface area contributed by atoms with Gasteiger partial charge >= 0.3 is 0 Å². The predicted octanol–water partition coefficient (Wildman–Crippen LogP) is 4.07. The standard InChI is InChI=1S/C16H23N3O/c1-4-7-12-11-15(17-10-5-2)19-16(18-12)14-9-8-13(6-3)20-14/h8-9,11H,4-7,10H2,1-3H3,(H,17,18,19). The number of furan rings is 1. The van der Waals surface area contributed by atoms with E-state index in [1.54, 1.807) is 0 Å². The van der Waals surface area contributed by atoms with E-state index in [9.17, 15) is 0 Å². The first kappa shape index (κ1) is 14.6. The monoisotopic (exact) mass is 273 g/mol. The van der Waals surface area contributed by atoms with E-state index in [0.717, 1.165) is 55.3 Å². The van der Waals surface area contributed by atoms with E-state index in [1.807, 2.05) is 18.2 Å². The fourth-order valence-corrected chi connectivity index (χ4v) is 2.02. The van der Waals surface area contributed by atoms with Gasteiger partial charge in [0, 0.05) is 24.7 Å². The summed E-state index contributed by atoms with van der Waals surface area (Å²) in [5.74, 6) is 3.27. The van der Waals surface area contributed by atoms with E-state index < -0.39 is 0 Å². The lowest BCUT2D eigenvalue weighted by atomic mass is 10.2. The molecular weight excluding hydrogens is 250 g/mol. The zero-order valence-corrected chi connectivity index (χ0v) is 12.6. The van der Waals surface area contributed by atoms with Crippen LogP contribution in [0.4, 0.5) is 5.82 Å². The molecule has 1 N–H and O–H groups in total. The number of hydrogen-bond acceptors (Lipinski definition) is 4. The average molecular weight is 273 g/mol. The highest BCUT2D eigenvalue weighted by Gasteiger charge is 2.10. The Bertz CT molecular complexity index is 548.